The van der Waals surface area contributed by atoms with E-state index < -0.39 is 5.97 Å². The Morgan fingerprint density at radius 2 is 1.62 bits per heavy atom. The fraction of sp³-hybridized carbons (Fsp3) is 0.382. The topological polar surface area (TPSA) is 46.5 Å². The molecule has 3 nitrogen and oxygen atoms in total. The Hall–Kier alpha value is -3.33. The van der Waals surface area contributed by atoms with E-state index in [2.05, 4.69) is 31.2 Å². The zero-order chi connectivity index (χ0) is 25.6. The van der Waals surface area contributed by atoms with E-state index >= 15 is 0 Å². The standard InChI is InChI=1S/C34H36O3/c1-22(12-24-8-10-30(33(35)36)29(17-24)16-23-6-4-3-5-7-23)28-9-11-32(37-2)31(18-28)34-19-25-13-26(20-34)15-27(14-25)21-34/h3-12,17-18,25-27H,13-16,19-21H2,1-2H3,(H,35,36)/b22-12+. The van der Waals surface area contributed by atoms with Crippen molar-refractivity contribution in [1.29, 1.82) is 0 Å². The average Bonchev–Trinajstić information content (AvgIpc) is 2.88. The molecule has 0 spiro atoms. The maximum absolute atomic E-state index is 11.9. The molecule has 1 N–H and O–H groups in total. The van der Waals surface area contributed by atoms with Crippen molar-refractivity contribution >= 4 is 17.6 Å². The molecule has 3 aromatic carbocycles. The molecule has 3 aromatic rings. The summed E-state index contributed by atoms with van der Waals surface area (Å²) in [6.07, 6.45) is 11.0. The lowest BCUT2D eigenvalue weighted by molar-refractivity contribution is -0.00616. The molecule has 4 saturated carbocycles. The Morgan fingerprint density at radius 3 is 2.24 bits per heavy atom. The van der Waals surface area contributed by atoms with E-state index in [1.54, 1.807) is 13.2 Å². The van der Waals surface area contributed by atoms with Crippen molar-refractivity contribution in [3.8, 4) is 5.75 Å². The highest BCUT2D eigenvalue weighted by molar-refractivity contribution is 5.90. The van der Waals surface area contributed by atoms with Gasteiger partial charge < -0.3 is 9.84 Å². The lowest BCUT2D eigenvalue weighted by atomic mass is 9.48. The van der Waals surface area contributed by atoms with Crippen LogP contribution in [0.5, 0.6) is 5.75 Å². The van der Waals surface area contributed by atoms with Crippen LogP contribution in [0, 0.1) is 17.8 Å². The number of carbonyl (C=O) groups is 1. The van der Waals surface area contributed by atoms with Crippen molar-refractivity contribution in [2.24, 2.45) is 17.8 Å². The lowest BCUT2D eigenvalue weighted by Gasteiger charge is -2.57. The van der Waals surface area contributed by atoms with Crippen molar-refractivity contribution in [2.75, 3.05) is 7.11 Å². The Labute approximate surface area is 220 Å². The summed E-state index contributed by atoms with van der Waals surface area (Å²) in [5.41, 5.74) is 7.42. The molecule has 0 amide bonds. The Bertz CT molecular complexity index is 1320. The Balaban J connectivity index is 1.34. The fourth-order valence-electron chi connectivity index (χ4n) is 8.02. The highest BCUT2D eigenvalue weighted by atomic mass is 16.5. The molecule has 4 fully saturated rings. The van der Waals surface area contributed by atoms with Gasteiger partial charge in [-0.2, -0.15) is 0 Å². The maximum atomic E-state index is 11.9. The minimum absolute atomic E-state index is 0.266. The summed E-state index contributed by atoms with van der Waals surface area (Å²) in [7, 11) is 1.81. The van der Waals surface area contributed by atoms with Crippen LogP contribution in [0.4, 0.5) is 0 Å². The summed E-state index contributed by atoms with van der Waals surface area (Å²) in [5, 5.41) is 9.76. The average molecular weight is 493 g/mol. The smallest absolute Gasteiger partial charge is 0.335 e. The number of hydrogen-bond acceptors (Lipinski definition) is 2. The van der Waals surface area contributed by atoms with Gasteiger partial charge in [0.1, 0.15) is 5.75 Å². The molecule has 4 aliphatic carbocycles. The van der Waals surface area contributed by atoms with E-state index in [0.29, 0.717) is 12.0 Å². The monoisotopic (exact) mass is 492 g/mol. The third kappa shape index (κ3) is 4.61. The quantitative estimate of drug-likeness (QED) is 0.340. The number of carboxylic acid groups (broad SMARTS) is 1. The third-order valence-electron chi connectivity index (χ3n) is 9.24. The summed E-state index contributed by atoms with van der Waals surface area (Å²) in [4.78, 5) is 11.9. The van der Waals surface area contributed by atoms with Crippen LogP contribution in [0.3, 0.4) is 0 Å². The largest absolute Gasteiger partial charge is 0.496 e. The van der Waals surface area contributed by atoms with E-state index in [4.69, 9.17) is 4.74 Å². The fourth-order valence-corrected chi connectivity index (χ4v) is 8.02. The van der Waals surface area contributed by atoms with Gasteiger partial charge in [-0.15, -0.1) is 0 Å². The van der Waals surface area contributed by atoms with E-state index in [1.807, 2.05) is 42.5 Å². The van der Waals surface area contributed by atoms with Crippen molar-refractivity contribution in [3.05, 3.63) is 100 Å². The predicted molar refractivity (Wildman–Crippen MR) is 149 cm³/mol. The van der Waals surface area contributed by atoms with Crippen molar-refractivity contribution < 1.29 is 14.6 Å². The summed E-state index contributed by atoms with van der Waals surface area (Å²) in [5.74, 6) is 2.80. The molecular weight excluding hydrogens is 456 g/mol. The first-order valence-electron chi connectivity index (χ1n) is 13.7. The predicted octanol–water partition coefficient (Wildman–Crippen LogP) is 8.01. The van der Waals surface area contributed by atoms with Gasteiger partial charge in [0.05, 0.1) is 12.7 Å². The van der Waals surface area contributed by atoms with E-state index in [1.165, 1.54) is 55.2 Å². The number of hydrogen-bond donors (Lipinski definition) is 1. The second kappa shape index (κ2) is 9.52. The first-order valence-corrected chi connectivity index (χ1v) is 13.7. The van der Waals surface area contributed by atoms with Gasteiger partial charge in [-0.3, -0.25) is 0 Å². The van der Waals surface area contributed by atoms with E-state index in [9.17, 15) is 9.90 Å². The molecule has 4 aliphatic rings. The number of allylic oxidation sites excluding steroid dienone is 1. The Kier molecular flexibility index (Phi) is 6.18. The lowest BCUT2D eigenvalue weighted by Crippen LogP contribution is -2.48. The minimum atomic E-state index is -0.881. The summed E-state index contributed by atoms with van der Waals surface area (Å²) >= 11 is 0. The van der Waals surface area contributed by atoms with Crippen molar-refractivity contribution in [1.82, 2.24) is 0 Å². The number of benzene rings is 3. The first kappa shape index (κ1) is 24.0. The normalized spacial score (nSPS) is 26.3. The number of aromatic carboxylic acids is 1. The molecule has 7 rings (SSSR count). The second-order valence-electron chi connectivity index (χ2n) is 11.8. The van der Waals surface area contributed by atoms with Crippen molar-refractivity contribution in [3.63, 3.8) is 0 Å². The maximum Gasteiger partial charge on any atom is 0.335 e. The van der Waals surface area contributed by atoms with Crippen LogP contribution in [0.25, 0.3) is 11.6 Å². The van der Waals surface area contributed by atoms with Gasteiger partial charge in [0.25, 0.3) is 0 Å². The number of carboxylic acids is 1. The van der Waals surface area contributed by atoms with Gasteiger partial charge in [0.15, 0.2) is 0 Å². The van der Waals surface area contributed by atoms with Crippen LogP contribution in [0.2, 0.25) is 0 Å². The first-order chi connectivity index (χ1) is 17.9. The molecule has 0 saturated heterocycles. The molecule has 0 aliphatic heterocycles. The molecule has 0 radical (unpaired) electrons. The van der Waals surface area contributed by atoms with Crippen LogP contribution in [0.1, 0.15) is 83.6 Å². The third-order valence-corrected chi connectivity index (χ3v) is 9.24. The molecular formula is C34H36O3. The molecule has 0 aromatic heterocycles. The zero-order valence-electron chi connectivity index (χ0n) is 21.9. The number of rotatable bonds is 7. The second-order valence-corrected chi connectivity index (χ2v) is 11.8. The van der Waals surface area contributed by atoms with Gasteiger partial charge in [-0.1, -0.05) is 54.6 Å². The zero-order valence-corrected chi connectivity index (χ0v) is 21.9. The van der Waals surface area contributed by atoms with Crippen LogP contribution in [0.15, 0.2) is 66.7 Å². The Morgan fingerprint density at radius 1 is 0.946 bits per heavy atom. The van der Waals surface area contributed by atoms with Crippen LogP contribution in [-0.4, -0.2) is 18.2 Å². The van der Waals surface area contributed by atoms with E-state index in [-0.39, 0.29) is 5.41 Å². The minimum Gasteiger partial charge on any atom is -0.496 e. The van der Waals surface area contributed by atoms with Crippen LogP contribution < -0.4 is 4.74 Å². The van der Waals surface area contributed by atoms with Crippen molar-refractivity contribution in [2.45, 2.75) is 57.3 Å². The molecule has 37 heavy (non-hydrogen) atoms. The molecule has 0 atom stereocenters. The number of ether oxygens (including phenoxy) is 1. The molecule has 190 valence electrons. The van der Waals surface area contributed by atoms with E-state index in [0.717, 1.165) is 40.2 Å². The highest BCUT2D eigenvalue weighted by Crippen LogP contribution is 2.62. The molecule has 3 heteroatoms. The molecule has 0 unspecified atom stereocenters. The van der Waals surface area contributed by atoms with Gasteiger partial charge in [0.2, 0.25) is 0 Å². The van der Waals surface area contributed by atoms with Crippen LogP contribution >= 0.6 is 0 Å². The van der Waals surface area contributed by atoms with Gasteiger partial charge in [0, 0.05) is 5.56 Å². The SMILES string of the molecule is COc1ccc(/C(C)=C/c2ccc(C(=O)O)c(Cc3ccccc3)c2)cc1C12CC3CC(CC(C3)C1)C2. The van der Waals surface area contributed by atoms with Gasteiger partial charge in [-0.25, -0.2) is 4.79 Å². The van der Waals surface area contributed by atoms with Crippen LogP contribution in [-0.2, 0) is 11.8 Å². The molecule has 4 bridgehead atoms. The number of methoxy groups -OCH3 is 1. The highest BCUT2D eigenvalue weighted by Gasteiger charge is 2.52. The molecule has 0 heterocycles. The van der Waals surface area contributed by atoms with Gasteiger partial charge >= 0.3 is 5.97 Å². The summed E-state index contributed by atoms with van der Waals surface area (Å²) in [6, 6.07) is 22.5. The summed E-state index contributed by atoms with van der Waals surface area (Å²) < 4.78 is 5.92. The summed E-state index contributed by atoms with van der Waals surface area (Å²) in [6.45, 7) is 2.16. The van der Waals surface area contributed by atoms with Gasteiger partial charge in [-0.05, 0) is 121 Å².